The average molecular weight is 497 g/mol. The van der Waals surface area contributed by atoms with Crippen LogP contribution in [0.4, 0.5) is 10.1 Å². The number of halogens is 1. The fourth-order valence-corrected chi connectivity index (χ4v) is 6.19. The zero-order valence-corrected chi connectivity index (χ0v) is 20.3. The number of nitro benzene ring substituents is 1. The van der Waals surface area contributed by atoms with E-state index in [1.165, 1.54) is 18.2 Å². The third-order valence-corrected chi connectivity index (χ3v) is 8.72. The highest BCUT2D eigenvalue weighted by Crippen LogP contribution is 2.61. The van der Waals surface area contributed by atoms with E-state index in [4.69, 9.17) is 9.26 Å². The molecule has 2 aliphatic heterocycles. The normalized spacial score (nSPS) is 15.7. The Kier molecular flexibility index (Phi) is 6.19. The first-order chi connectivity index (χ1) is 16.7. The van der Waals surface area contributed by atoms with Crippen LogP contribution in [0.3, 0.4) is 0 Å². The van der Waals surface area contributed by atoms with Gasteiger partial charge in [-0.3, -0.25) is 14.7 Å². The molecular weight excluding hydrogens is 472 g/mol. The van der Waals surface area contributed by atoms with E-state index in [2.05, 4.69) is 0 Å². The highest BCUT2D eigenvalue weighted by Gasteiger charge is 2.49. The van der Waals surface area contributed by atoms with E-state index in [1.807, 2.05) is 32.0 Å². The smallest absolute Gasteiger partial charge is 0.346 e. The molecule has 10 heteroatoms. The van der Waals surface area contributed by atoms with Crippen molar-refractivity contribution in [2.75, 3.05) is 26.2 Å². The summed E-state index contributed by atoms with van der Waals surface area (Å²) in [6, 6.07) is 14.5. The zero-order chi connectivity index (χ0) is 24.7. The molecule has 2 aliphatic rings. The second-order valence-corrected chi connectivity index (χ2v) is 11.2. The van der Waals surface area contributed by atoms with Gasteiger partial charge in [-0.25, -0.2) is 13.7 Å². The molecule has 0 N–H and O–H groups in total. The van der Waals surface area contributed by atoms with Gasteiger partial charge in [-0.1, -0.05) is 23.8 Å². The second-order valence-electron chi connectivity index (χ2n) is 8.79. The maximum absolute atomic E-state index is 15.0. The standard InChI is InChI=1S/C25H25FN3O5P/c1-17-3-6-21(18(2)13-17)22-7-5-20(15-23(22)26)34-25-14-19(4-8-24(25)29(30)31)16-33-35(32,27-9-10-27)28-11-12-28/h3-8,13-15H,9-12,16H2,1-2H3. The van der Waals surface area contributed by atoms with E-state index in [-0.39, 0.29) is 23.8 Å². The topological polar surface area (TPSA) is 84.7 Å². The SMILES string of the molecule is Cc1ccc(-c2ccc(Oc3cc(COP(=O)(N4CC4)N4CC4)ccc3[N+](=O)[O-])cc2F)c(C)c1. The van der Waals surface area contributed by atoms with E-state index < -0.39 is 18.4 Å². The lowest BCUT2D eigenvalue weighted by atomic mass is 9.98. The van der Waals surface area contributed by atoms with Crippen LogP contribution < -0.4 is 4.74 Å². The van der Waals surface area contributed by atoms with Gasteiger partial charge in [0.2, 0.25) is 5.75 Å². The Labute approximate surface area is 202 Å². The lowest BCUT2D eigenvalue weighted by Gasteiger charge is -2.19. The molecule has 182 valence electrons. The van der Waals surface area contributed by atoms with Gasteiger partial charge in [0.1, 0.15) is 11.6 Å². The third-order valence-electron chi connectivity index (χ3n) is 6.02. The fourth-order valence-electron chi connectivity index (χ4n) is 4.00. The van der Waals surface area contributed by atoms with Crippen molar-refractivity contribution in [2.24, 2.45) is 0 Å². The predicted molar refractivity (Wildman–Crippen MR) is 130 cm³/mol. The van der Waals surface area contributed by atoms with Gasteiger partial charge < -0.3 is 9.26 Å². The number of nitro groups is 1. The van der Waals surface area contributed by atoms with E-state index in [0.717, 1.165) is 42.9 Å². The quantitative estimate of drug-likeness (QED) is 0.154. The maximum atomic E-state index is 15.0. The van der Waals surface area contributed by atoms with Crippen molar-refractivity contribution in [1.82, 2.24) is 9.34 Å². The molecule has 3 aromatic carbocycles. The molecule has 5 rings (SSSR count). The highest BCUT2D eigenvalue weighted by molar-refractivity contribution is 7.54. The minimum absolute atomic E-state index is 0.0125. The summed E-state index contributed by atoms with van der Waals surface area (Å²) in [5, 5.41) is 11.6. The molecule has 2 heterocycles. The van der Waals surface area contributed by atoms with Crippen LogP contribution in [0, 0.1) is 29.8 Å². The van der Waals surface area contributed by atoms with Gasteiger partial charge in [0.15, 0.2) is 0 Å². The Balaban J connectivity index is 1.38. The van der Waals surface area contributed by atoms with Gasteiger partial charge in [-0.2, -0.15) is 0 Å². The van der Waals surface area contributed by atoms with E-state index in [1.54, 1.807) is 27.5 Å². The van der Waals surface area contributed by atoms with Crippen LogP contribution in [0.25, 0.3) is 11.1 Å². The Morgan fingerprint density at radius 2 is 1.66 bits per heavy atom. The van der Waals surface area contributed by atoms with E-state index >= 15 is 0 Å². The zero-order valence-electron chi connectivity index (χ0n) is 19.4. The predicted octanol–water partition coefficient (Wildman–Crippen LogP) is 6.07. The Morgan fingerprint density at radius 1 is 0.971 bits per heavy atom. The van der Waals surface area contributed by atoms with Crippen LogP contribution in [0.15, 0.2) is 54.6 Å². The maximum Gasteiger partial charge on any atom is 0.346 e. The number of hydrogen-bond acceptors (Lipinski definition) is 5. The molecule has 3 aromatic rings. The number of nitrogens with zero attached hydrogens (tertiary/aromatic N) is 3. The molecule has 0 saturated carbocycles. The fraction of sp³-hybridized carbons (Fsp3) is 0.280. The van der Waals surface area contributed by atoms with Crippen LogP contribution in [0.1, 0.15) is 16.7 Å². The monoisotopic (exact) mass is 497 g/mol. The molecule has 2 saturated heterocycles. The molecule has 0 aliphatic carbocycles. The summed E-state index contributed by atoms with van der Waals surface area (Å²) in [6.07, 6.45) is 0. The summed E-state index contributed by atoms with van der Waals surface area (Å²) < 4.78 is 43.3. The molecule has 0 bridgehead atoms. The van der Waals surface area contributed by atoms with Crippen LogP contribution in [0.5, 0.6) is 11.5 Å². The largest absolute Gasteiger partial charge is 0.450 e. The lowest BCUT2D eigenvalue weighted by Crippen LogP contribution is -2.08. The van der Waals surface area contributed by atoms with Crippen LogP contribution >= 0.6 is 7.67 Å². The van der Waals surface area contributed by atoms with Gasteiger partial charge in [-0.15, -0.1) is 0 Å². The average Bonchev–Trinajstić information content (AvgIpc) is 3.70. The summed E-state index contributed by atoms with van der Waals surface area (Å²) in [5.74, 6) is -0.395. The van der Waals surface area contributed by atoms with Crippen LogP contribution in [-0.2, 0) is 15.7 Å². The van der Waals surface area contributed by atoms with Crippen LogP contribution in [0.2, 0.25) is 0 Å². The van der Waals surface area contributed by atoms with Crippen molar-refractivity contribution >= 4 is 13.4 Å². The molecule has 0 radical (unpaired) electrons. The Hall–Kier alpha value is -3.10. The first kappa shape index (κ1) is 23.6. The van der Waals surface area contributed by atoms with Crippen molar-refractivity contribution < 1.29 is 23.1 Å². The second kappa shape index (κ2) is 9.17. The van der Waals surface area contributed by atoms with Crippen molar-refractivity contribution in [1.29, 1.82) is 0 Å². The van der Waals surface area contributed by atoms with Crippen molar-refractivity contribution in [2.45, 2.75) is 20.5 Å². The molecule has 35 heavy (non-hydrogen) atoms. The highest BCUT2D eigenvalue weighted by atomic mass is 31.2. The van der Waals surface area contributed by atoms with E-state index in [0.29, 0.717) is 11.1 Å². The minimum atomic E-state index is -3.03. The Bertz CT molecular complexity index is 1340. The number of hydrogen-bond donors (Lipinski definition) is 0. The molecule has 0 atom stereocenters. The number of aryl methyl sites for hydroxylation is 2. The number of benzene rings is 3. The van der Waals surface area contributed by atoms with Gasteiger partial charge >= 0.3 is 13.4 Å². The van der Waals surface area contributed by atoms with Crippen LogP contribution in [-0.4, -0.2) is 40.4 Å². The molecule has 8 nitrogen and oxygen atoms in total. The van der Waals surface area contributed by atoms with E-state index in [9.17, 15) is 19.1 Å². The van der Waals surface area contributed by atoms with Gasteiger partial charge in [-0.05, 0) is 54.8 Å². The van der Waals surface area contributed by atoms with Crippen molar-refractivity contribution in [3.8, 4) is 22.6 Å². The Morgan fingerprint density at radius 3 is 2.26 bits per heavy atom. The molecule has 0 aromatic heterocycles. The minimum Gasteiger partial charge on any atom is -0.450 e. The summed E-state index contributed by atoms with van der Waals surface area (Å²) in [6.45, 7) is 6.82. The molecule has 0 unspecified atom stereocenters. The lowest BCUT2D eigenvalue weighted by molar-refractivity contribution is -0.385. The summed E-state index contributed by atoms with van der Waals surface area (Å²) in [7, 11) is -3.03. The third kappa shape index (κ3) is 4.99. The summed E-state index contributed by atoms with van der Waals surface area (Å²) in [5.41, 5.74) is 3.54. The summed E-state index contributed by atoms with van der Waals surface area (Å²) in [4.78, 5) is 11.0. The van der Waals surface area contributed by atoms with Crippen molar-refractivity contribution in [3.05, 3.63) is 87.2 Å². The number of ether oxygens (including phenoxy) is 1. The first-order valence-electron chi connectivity index (χ1n) is 11.3. The summed E-state index contributed by atoms with van der Waals surface area (Å²) >= 11 is 0. The van der Waals surface area contributed by atoms with Crippen molar-refractivity contribution in [3.63, 3.8) is 0 Å². The molecular formula is C25H25FN3O5P. The first-order valence-corrected chi connectivity index (χ1v) is 12.9. The molecule has 2 fully saturated rings. The molecule has 0 spiro atoms. The van der Waals surface area contributed by atoms with Gasteiger partial charge in [0, 0.05) is 43.9 Å². The van der Waals surface area contributed by atoms with Gasteiger partial charge in [0.05, 0.1) is 11.5 Å². The van der Waals surface area contributed by atoms with Gasteiger partial charge in [0.25, 0.3) is 0 Å². The number of rotatable bonds is 9. The molecule has 0 amide bonds.